The van der Waals surface area contributed by atoms with Gasteiger partial charge < -0.3 is 10.7 Å². The Bertz CT molecular complexity index is 503. The minimum absolute atomic E-state index is 0.640. The molecule has 0 saturated heterocycles. The predicted molar refractivity (Wildman–Crippen MR) is 63.2 cm³/mol. The largest absolute Gasteiger partial charge is 0.358 e. The molecular weight excluding hydrogens is 208 g/mol. The summed E-state index contributed by atoms with van der Waals surface area (Å²) in [5.41, 5.74) is 8.12. The third kappa shape index (κ3) is 1.54. The molecule has 3 heteroatoms. The van der Waals surface area contributed by atoms with E-state index in [0.29, 0.717) is 11.8 Å². The second-order valence-electron chi connectivity index (χ2n) is 4.29. The van der Waals surface area contributed by atoms with Gasteiger partial charge in [-0.05, 0) is 43.1 Å². The van der Waals surface area contributed by atoms with Crippen LogP contribution in [0.15, 0.2) is 24.3 Å². The summed E-state index contributed by atoms with van der Waals surface area (Å²) in [6.07, 6.45) is 1.22. The van der Waals surface area contributed by atoms with E-state index < -0.39 is 0 Å². The van der Waals surface area contributed by atoms with Crippen LogP contribution in [-0.4, -0.2) is 11.5 Å². The zero-order chi connectivity index (χ0) is 10.4. The van der Waals surface area contributed by atoms with Crippen LogP contribution in [-0.2, 0) is 0 Å². The zero-order valence-electron chi connectivity index (χ0n) is 8.33. The minimum atomic E-state index is 0.640. The Labute approximate surface area is 93.4 Å². The predicted octanol–water partition coefficient (Wildman–Crippen LogP) is 2.88. The van der Waals surface area contributed by atoms with Gasteiger partial charge in [0.25, 0.3) is 0 Å². The van der Waals surface area contributed by atoms with Crippen molar-refractivity contribution < 1.29 is 0 Å². The van der Waals surface area contributed by atoms with Crippen molar-refractivity contribution in [1.29, 1.82) is 0 Å². The molecule has 1 aromatic heterocycles. The van der Waals surface area contributed by atoms with Crippen LogP contribution in [0.1, 0.15) is 18.0 Å². The summed E-state index contributed by atoms with van der Waals surface area (Å²) < 4.78 is 0. The van der Waals surface area contributed by atoms with E-state index in [1.54, 1.807) is 0 Å². The summed E-state index contributed by atoms with van der Waals surface area (Å²) in [7, 11) is 0. The summed E-state index contributed by atoms with van der Waals surface area (Å²) >= 11 is 5.95. The minimum Gasteiger partial charge on any atom is -0.358 e. The molecule has 2 atom stereocenters. The molecule has 1 aliphatic rings. The molecule has 0 radical (unpaired) electrons. The van der Waals surface area contributed by atoms with Crippen molar-refractivity contribution in [2.45, 2.75) is 12.3 Å². The average molecular weight is 221 g/mol. The first-order chi connectivity index (χ1) is 7.28. The fourth-order valence-electron chi connectivity index (χ4n) is 2.21. The Morgan fingerprint density at radius 1 is 1.40 bits per heavy atom. The first-order valence-corrected chi connectivity index (χ1v) is 5.64. The van der Waals surface area contributed by atoms with E-state index in [-0.39, 0.29) is 0 Å². The molecular formula is C12H13ClN2. The van der Waals surface area contributed by atoms with Crippen LogP contribution in [0.5, 0.6) is 0 Å². The van der Waals surface area contributed by atoms with Gasteiger partial charge in [-0.1, -0.05) is 11.6 Å². The second kappa shape index (κ2) is 3.26. The molecule has 1 fully saturated rings. The number of aromatic nitrogens is 1. The number of hydrogen-bond acceptors (Lipinski definition) is 1. The Balaban J connectivity index is 2.00. The molecule has 2 nitrogen and oxygen atoms in total. The molecule has 2 aromatic rings. The third-order valence-corrected chi connectivity index (χ3v) is 3.46. The molecule has 1 aliphatic carbocycles. The monoisotopic (exact) mass is 220 g/mol. The van der Waals surface area contributed by atoms with E-state index >= 15 is 0 Å². The lowest BCUT2D eigenvalue weighted by Crippen LogP contribution is -2.01. The SMILES string of the molecule is NCC1CC1c1cc2cc(Cl)ccc2[nH]1. The van der Waals surface area contributed by atoms with Crippen LogP contribution in [0.25, 0.3) is 10.9 Å². The maximum atomic E-state index is 5.95. The molecule has 0 amide bonds. The van der Waals surface area contributed by atoms with Gasteiger partial charge in [0.15, 0.2) is 0 Å². The van der Waals surface area contributed by atoms with Crippen molar-refractivity contribution in [1.82, 2.24) is 4.98 Å². The quantitative estimate of drug-likeness (QED) is 0.803. The molecule has 2 unspecified atom stereocenters. The number of fused-ring (bicyclic) bond motifs is 1. The highest BCUT2D eigenvalue weighted by atomic mass is 35.5. The van der Waals surface area contributed by atoms with Crippen molar-refractivity contribution in [3.8, 4) is 0 Å². The Morgan fingerprint density at radius 2 is 2.27 bits per heavy atom. The van der Waals surface area contributed by atoms with Gasteiger partial charge in [-0.2, -0.15) is 0 Å². The van der Waals surface area contributed by atoms with Crippen LogP contribution in [0, 0.1) is 5.92 Å². The molecule has 1 heterocycles. The Hall–Kier alpha value is -0.990. The van der Waals surface area contributed by atoms with E-state index in [2.05, 4.69) is 11.1 Å². The summed E-state index contributed by atoms with van der Waals surface area (Å²) in [4.78, 5) is 3.43. The number of hydrogen-bond donors (Lipinski definition) is 2. The van der Waals surface area contributed by atoms with Gasteiger partial charge in [0.05, 0.1) is 0 Å². The smallest absolute Gasteiger partial charge is 0.0457 e. The van der Waals surface area contributed by atoms with Crippen LogP contribution >= 0.6 is 11.6 Å². The normalized spacial score (nSPS) is 24.7. The number of H-pyrrole nitrogens is 1. The first kappa shape index (κ1) is 9.25. The topological polar surface area (TPSA) is 41.8 Å². The molecule has 0 bridgehead atoms. The van der Waals surface area contributed by atoms with Gasteiger partial charge in [0, 0.05) is 27.5 Å². The molecule has 3 rings (SSSR count). The fraction of sp³-hybridized carbons (Fsp3) is 0.333. The highest BCUT2D eigenvalue weighted by Crippen LogP contribution is 2.46. The van der Waals surface area contributed by atoms with Crippen LogP contribution in [0.2, 0.25) is 5.02 Å². The van der Waals surface area contributed by atoms with Crippen LogP contribution in [0.3, 0.4) is 0 Å². The van der Waals surface area contributed by atoms with Crippen molar-refractivity contribution in [2.24, 2.45) is 11.7 Å². The molecule has 1 saturated carbocycles. The lowest BCUT2D eigenvalue weighted by molar-refractivity contribution is 0.801. The van der Waals surface area contributed by atoms with E-state index in [1.807, 2.05) is 18.2 Å². The Kier molecular flexibility index (Phi) is 2.01. The standard InChI is InChI=1S/C12H13ClN2/c13-9-1-2-11-7(3-9)5-12(15-11)10-4-8(10)6-14/h1-3,5,8,10,15H,4,6,14H2. The number of halogens is 1. The Morgan fingerprint density at radius 3 is 3.00 bits per heavy atom. The van der Waals surface area contributed by atoms with Gasteiger partial charge in [0.1, 0.15) is 0 Å². The van der Waals surface area contributed by atoms with Gasteiger partial charge in [0.2, 0.25) is 0 Å². The number of nitrogens with two attached hydrogens (primary N) is 1. The highest BCUT2D eigenvalue weighted by molar-refractivity contribution is 6.31. The number of aromatic amines is 1. The maximum Gasteiger partial charge on any atom is 0.0457 e. The fourth-order valence-corrected chi connectivity index (χ4v) is 2.40. The van der Waals surface area contributed by atoms with Crippen LogP contribution < -0.4 is 5.73 Å². The van der Waals surface area contributed by atoms with Crippen molar-refractivity contribution >= 4 is 22.5 Å². The number of rotatable bonds is 2. The third-order valence-electron chi connectivity index (χ3n) is 3.23. The van der Waals surface area contributed by atoms with E-state index in [4.69, 9.17) is 17.3 Å². The highest BCUT2D eigenvalue weighted by Gasteiger charge is 2.37. The molecule has 15 heavy (non-hydrogen) atoms. The zero-order valence-corrected chi connectivity index (χ0v) is 9.09. The average Bonchev–Trinajstić information content (AvgIpc) is 2.91. The van der Waals surface area contributed by atoms with E-state index in [9.17, 15) is 0 Å². The lowest BCUT2D eigenvalue weighted by atomic mass is 10.2. The summed E-state index contributed by atoms with van der Waals surface area (Å²) in [6, 6.07) is 8.14. The van der Waals surface area contributed by atoms with Gasteiger partial charge in [-0.25, -0.2) is 0 Å². The van der Waals surface area contributed by atoms with Gasteiger partial charge >= 0.3 is 0 Å². The van der Waals surface area contributed by atoms with Gasteiger partial charge in [-0.15, -0.1) is 0 Å². The molecule has 3 N–H and O–H groups in total. The summed E-state index contributed by atoms with van der Waals surface area (Å²) in [5, 5.41) is 1.99. The maximum absolute atomic E-state index is 5.95. The second-order valence-corrected chi connectivity index (χ2v) is 4.73. The van der Waals surface area contributed by atoms with Crippen molar-refractivity contribution in [3.05, 3.63) is 35.0 Å². The molecule has 0 spiro atoms. The number of benzene rings is 1. The van der Waals surface area contributed by atoms with Crippen molar-refractivity contribution in [2.75, 3.05) is 6.54 Å². The van der Waals surface area contributed by atoms with E-state index in [1.165, 1.54) is 17.5 Å². The van der Waals surface area contributed by atoms with E-state index in [0.717, 1.165) is 17.1 Å². The van der Waals surface area contributed by atoms with Crippen molar-refractivity contribution in [3.63, 3.8) is 0 Å². The number of nitrogens with one attached hydrogen (secondary N) is 1. The summed E-state index contributed by atoms with van der Waals surface area (Å²) in [5.74, 6) is 1.31. The first-order valence-electron chi connectivity index (χ1n) is 5.26. The molecule has 1 aromatic carbocycles. The molecule has 78 valence electrons. The summed E-state index contributed by atoms with van der Waals surface area (Å²) in [6.45, 7) is 0.792. The van der Waals surface area contributed by atoms with Gasteiger partial charge in [-0.3, -0.25) is 0 Å². The lowest BCUT2D eigenvalue weighted by Gasteiger charge is -1.92. The molecule has 0 aliphatic heterocycles. The van der Waals surface area contributed by atoms with Crippen LogP contribution in [0.4, 0.5) is 0 Å².